The Balaban J connectivity index is 3.93. The van der Waals surface area contributed by atoms with Crippen molar-refractivity contribution in [3.05, 3.63) is 0 Å². The molecule has 0 aliphatic carbocycles. The highest BCUT2D eigenvalue weighted by atomic mass is 19.3. The Kier molecular flexibility index (Phi) is 3.90. The van der Waals surface area contributed by atoms with Gasteiger partial charge in [-0.1, -0.05) is 0 Å². The maximum atomic E-state index is 11.2. The summed E-state index contributed by atoms with van der Waals surface area (Å²) in [6, 6.07) is -0.995. The lowest BCUT2D eigenvalue weighted by Gasteiger charge is -2.13. The van der Waals surface area contributed by atoms with Gasteiger partial charge in [-0.2, -0.15) is 0 Å². The number of nitrogens with one attached hydrogen (secondary N) is 1. The molecule has 0 saturated carbocycles. The molecule has 0 saturated heterocycles. The van der Waals surface area contributed by atoms with Crippen LogP contribution >= 0.6 is 0 Å². The number of rotatable bonds is 3. The predicted octanol–water partition coefficient (Wildman–Crippen LogP) is -0.617. The summed E-state index contributed by atoms with van der Waals surface area (Å²) in [6.45, 7) is 1.36. The fourth-order valence-electron chi connectivity index (χ4n) is 0.604. The van der Waals surface area contributed by atoms with Crippen LogP contribution in [0, 0.1) is 0 Å². The standard InChI is InChI=1S/C5H10FNO3/c1-3(8)4(7-2)5(9)10-6/h3-4,7-8H,1-2H3. The van der Waals surface area contributed by atoms with Crippen molar-refractivity contribution >= 4 is 5.97 Å². The molecule has 0 bridgehead atoms. The van der Waals surface area contributed by atoms with Gasteiger partial charge in [-0.25, -0.2) is 4.79 Å². The van der Waals surface area contributed by atoms with Crippen molar-refractivity contribution < 1.29 is 19.4 Å². The summed E-state index contributed by atoms with van der Waals surface area (Å²) in [6.07, 6.45) is -0.965. The van der Waals surface area contributed by atoms with E-state index in [9.17, 15) is 9.32 Å². The lowest BCUT2D eigenvalue weighted by Crippen LogP contribution is -2.43. The van der Waals surface area contributed by atoms with Crippen LogP contribution in [0.3, 0.4) is 0 Å². The van der Waals surface area contributed by atoms with Gasteiger partial charge < -0.3 is 10.4 Å². The van der Waals surface area contributed by atoms with Gasteiger partial charge in [0.05, 0.1) is 6.10 Å². The molecule has 0 aromatic carbocycles. The van der Waals surface area contributed by atoms with Gasteiger partial charge in [0.1, 0.15) is 6.04 Å². The highest BCUT2D eigenvalue weighted by Crippen LogP contribution is 1.94. The van der Waals surface area contributed by atoms with Gasteiger partial charge in [-0.05, 0) is 14.0 Å². The summed E-state index contributed by atoms with van der Waals surface area (Å²) in [5.41, 5.74) is 0. The van der Waals surface area contributed by atoms with E-state index < -0.39 is 18.1 Å². The van der Waals surface area contributed by atoms with Crippen LogP contribution in [-0.2, 0) is 9.74 Å². The molecule has 0 aliphatic heterocycles. The first-order valence-electron chi connectivity index (χ1n) is 2.81. The van der Waals surface area contributed by atoms with E-state index in [0.29, 0.717) is 0 Å². The van der Waals surface area contributed by atoms with E-state index in [-0.39, 0.29) is 0 Å². The van der Waals surface area contributed by atoms with Crippen LogP contribution in [0.5, 0.6) is 0 Å². The number of hydrogen-bond donors (Lipinski definition) is 2. The third-order valence-corrected chi connectivity index (χ3v) is 1.12. The lowest BCUT2D eigenvalue weighted by atomic mass is 10.2. The van der Waals surface area contributed by atoms with E-state index >= 15 is 0 Å². The summed E-state index contributed by atoms with van der Waals surface area (Å²) < 4.78 is 11.2. The van der Waals surface area contributed by atoms with E-state index in [2.05, 4.69) is 10.3 Å². The molecule has 0 aliphatic rings. The Bertz CT molecular complexity index is 117. The summed E-state index contributed by atoms with van der Waals surface area (Å²) in [5, 5.41) is 11.2. The molecular weight excluding hydrogens is 141 g/mol. The Morgan fingerprint density at radius 1 is 1.80 bits per heavy atom. The van der Waals surface area contributed by atoms with Crippen molar-refractivity contribution in [1.29, 1.82) is 0 Å². The van der Waals surface area contributed by atoms with Crippen molar-refractivity contribution in [3.8, 4) is 0 Å². The SMILES string of the molecule is CNC(C(=O)OF)C(C)O. The average molecular weight is 151 g/mol. The minimum atomic E-state index is -1.11. The number of hydrogen-bond acceptors (Lipinski definition) is 4. The van der Waals surface area contributed by atoms with Crippen molar-refractivity contribution in [1.82, 2.24) is 5.32 Å². The maximum absolute atomic E-state index is 11.2. The van der Waals surface area contributed by atoms with Gasteiger partial charge in [0.15, 0.2) is 0 Å². The zero-order chi connectivity index (χ0) is 8.15. The van der Waals surface area contributed by atoms with Crippen molar-refractivity contribution in [3.63, 3.8) is 0 Å². The van der Waals surface area contributed by atoms with E-state index in [1.807, 2.05) is 0 Å². The summed E-state index contributed by atoms with van der Waals surface area (Å²) in [5.74, 6) is -1.11. The number of likely N-dealkylation sites (N-methyl/N-ethyl adjacent to an activating group) is 1. The van der Waals surface area contributed by atoms with Crippen LogP contribution in [0.2, 0.25) is 0 Å². The number of carbonyl (C=O) groups is 1. The molecule has 0 amide bonds. The third kappa shape index (κ3) is 2.28. The molecule has 0 rings (SSSR count). The lowest BCUT2D eigenvalue weighted by molar-refractivity contribution is -0.188. The molecule has 2 N–H and O–H groups in total. The third-order valence-electron chi connectivity index (χ3n) is 1.12. The highest BCUT2D eigenvalue weighted by molar-refractivity contribution is 5.75. The highest BCUT2D eigenvalue weighted by Gasteiger charge is 2.23. The molecule has 0 aromatic rings. The molecule has 0 spiro atoms. The van der Waals surface area contributed by atoms with Crippen LogP contribution in [0.1, 0.15) is 6.92 Å². The first-order chi connectivity index (χ1) is 4.63. The fraction of sp³-hybridized carbons (Fsp3) is 0.800. The molecule has 0 radical (unpaired) electrons. The largest absolute Gasteiger partial charge is 0.391 e. The van der Waals surface area contributed by atoms with Gasteiger partial charge in [0.2, 0.25) is 0 Å². The van der Waals surface area contributed by atoms with Crippen LogP contribution in [0.4, 0.5) is 4.53 Å². The van der Waals surface area contributed by atoms with Crippen molar-refractivity contribution in [2.75, 3.05) is 7.05 Å². The monoisotopic (exact) mass is 151 g/mol. The zero-order valence-corrected chi connectivity index (χ0v) is 5.80. The Hall–Kier alpha value is -0.680. The fourth-order valence-corrected chi connectivity index (χ4v) is 0.604. The minimum Gasteiger partial charge on any atom is -0.391 e. The van der Waals surface area contributed by atoms with E-state index in [0.717, 1.165) is 0 Å². The molecule has 2 unspecified atom stereocenters. The predicted molar refractivity (Wildman–Crippen MR) is 31.7 cm³/mol. The Morgan fingerprint density at radius 2 is 2.30 bits per heavy atom. The summed E-state index contributed by atoms with van der Waals surface area (Å²) >= 11 is 0. The molecule has 60 valence electrons. The smallest absolute Gasteiger partial charge is 0.368 e. The molecule has 10 heavy (non-hydrogen) atoms. The molecule has 2 atom stereocenters. The van der Waals surface area contributed by atoms with Crippen LogP contribution in [0.15, 0.2) is 0 Å². The molecule has 0 heterocycles. The average Bonchev–Trinajstić information content (AvgIpc) is 1.88. The number of carbonyl (C=O) groups excluding carboxylic acids is 1. The first-order valence-corrected chi connectivity index (χ1v) is 2.81. The normalized spacial score (nSPS) is 16.0. The minimum absolute atomic E-state index is 0.965. The topological polar surface area (TPSA) is 58.6 Å². The van der Waals surface area contributed by atoms with Crippen LogP contribution < -0.4 is 5.32 Å². The molecule has 0 aromatic heterocycles. The molecule has 4 nitrogen and oxygen atoms in total. The number of aliphatic hydroxyl groups excluding tert-OH is 1. The van der Waals surface area contributed by atoms with Crippen LogP contribution in [-0.4, -0.2) is 30.3 Å². The maximum Gasteiger partial charge on any atom is 0.368 e. The zero-order valence-electron chi connectivity index (χ0n) is 5.80. The summed E-state index contributed by atoms with van der Waals surface area (Å²) in [7, 11) is 1.42. The van der Waals surface area contributed by atoms with Crippen molar-refractivity contribution in [2.24, 2.45) is 0 Å². The quantitative estimate of drug-likeness (QED) is 0.564. The Labute approximate surface area is 57.9 Å². The molecular formula is C5H10FNO3. The van der Waals surface area contributed by atoms with Gasteiger partial charge in [0.25, 0.3) is 0 Å². The number of halogens is 1. The first kappa shape index (κ1) is 9.32. The van der Waals surface area contributed by atoms with Gasteiger partial charge in [-0.15, -0.1) is 0 Å². The molecule has 0 fully saturated rings. The molecule has 5 heteroatoms. The Morgan fingerprint density at radius 3 is 2.40 bits per heavy atom. The summed E-state index contributed by atoms with van der Waals surface area (Å²) in [4.78, 5) is 13.3. The second-order valence-electron chi connectivity index (χ2n) is 1.90. The van der Waals surface area contributed by atoms with Gasteiger partial charge >= 0.3 is 5.97 Å². The second kappa shape index (κ2) is 4.19. The van der Waals surface area contributed by atoms with Crippen molar-refractivity contribution in [2.45, 2.75) is 19.1 Å². The van der Waals surface area contributed by atoms with E-state index in [1.165, 1.54) is 14.0 Å². The number of aliphatic hydroxyl groups is 1. The second-order valence-corrected chi connectivity index (χ2v) is 1.90. The van der Waals surface area contributed by atoms with E-state index in [1.54, 1.807) is 0 Å². The van der Waals surface area contributed by atoms with Gasteiger partial charge in [0, 0.05) is 4.53 Å². The van der Waals surface area contributed by atoms with Crippen LogP contribution in [0.25, 0.3) is 0 Å². The van der Waals surface area contributed by atoms with Gasteiger partial charge in [-0.3, -0.25) is 4.94 Å². The van der Waals surface area contributed by atoms with E-state index in [4.69, 9.17) is 5.11 Å².